The number of alkyl carbamates (subject to hydrolysis) is 2. The van der Waals surface area contributed by atoms with Gasteiger partial charge in [-0.15, -0.1) is 0 Å². The number of hydrogen-bond acceptors (Lipinski definition) is 6. The number of benzene rings is 4. The monoisotopic (exact) mass is 662 g/mol. The van der Waals surface area contributed by atoms with Crippen molar-refractivity contribution in [1.29, 1.82) is 0 Å². The predicted molar refractivity (Wildman–Crippen MR) is 187 cm³/mol. The summed E-state index contributed by atoms with van der Waals surface area (Å²) in [5.74, 6) is -1.20. The molecule has 0 aliphatic heterocycles. The van der Waals surface area contributed by atoms with Crippen LogP contribution in [0.5, 0.6) is 5.75 Å². The molecule has 1 aliphatic carbocycles. The highest BCUT2D eigenvalue weighted by molar-refractivity contribution is 5.79. The second-order valence-electron chi connectivity index (χ2n) is 12.1. The molecule has 5 rings (SSSR count). The molecule has 0 saturated carbocycles. The number of carbonyl (C=O) groups excluding carboxylic acids is 2. The van der Waals surface area contributed by atoms with E-state index in [9.17, 15) is 19.5 Å². The van der Waals surface area contributed by atoms with Crippen LogP contribution in [0.1, 0.15) is 47.9 Å². The van der Waals surface area contributed by atoms with Crippen LogP contribution < -0.4 is 15.4 Å². The highest BCUT2D eigenvalue weighted by Gasteiger charge is 2.29. The van der Waals surface area contributed by atoms with Gasteiger partial charge in [-0.2, -0.15) is 0 Å². The lowest BCUT2D eigenvalue weighted by Crippen LogP contribution is -2.38. The van der Waals surface area contributed by atoms with E-state index in [0.29, 0.717) is 24.2 Å². The lowest BCUT2D eigenvalue weighted by Gasteiger charge is -2.22. The van der Waals surface area contributed by atoms with Crippen LogP contribution in [0.4, 0.5) is 9.59 Å². The van der Waals surface area contributed by atoms with Crippen molar-refractivity contribution in [2.24, 2.45) is 5.92 Å². The molecule has 0 bridgehead atoms. The minimum atomic E-state index is -0.990. The van der Waals surface area contributed by atoms with Crippen LogP contribution >= 0.6 is 0 Å². The summed E-state index contributed by atoms with van der Waals surface area (Å²) in [5.41, 5.74) is 7.01. The summed E-state index contributed by atoms with van der Waals surface area (Å²) in [6, 6.07) is 32.6. The van der Waals surface area contributed by atoms with Gasteiger partial charge in [0.2, 0.25) is 0 Å². The van der Waals surface area contributed by atoms with Crippen LogP contribution in [0, 0.1) is 5.92 Å². The molecule has 0 radical (unpaired) electrons. The summed E-state index contributed by atoms with van der Waals surface area (Å²) < 4.78 is 16.4. The number of nitrogens with one attached hydrogen (secondary N) is 2. The number of aliphatic carboxylic acids is 1. The standard InChI is InChI=1S/C40H42N2O7/c1-27(23-30(38(43)44)13-10-22-41-39(45)48-25-29-11-4-3-5-12-29)37(24-28-18-20-31(47-2)21-19-28)42-40(46)49-26-36-34-16-8-6-14-32(34)33-15-7-9-17-35(33)36/h3-9,11-12,14-21,23,30,36-37H,10,13,22,24-26H2,1-2H3,(H,41,45)(H,42,46)(H,43,44)/b27-23+/t30-,37-/m1/s1. The maximum Gasteiger partial charge on any atom is 0.407 e. The van der Waals surface area contributed by atoms with Crippen molar-refractivity contribution in [3.8, 4) is 16.9 Å². The van der Waals surface area contributed by atoms with Crippen molar-refractivity contribution < 1.29 is 33.7 Å². The molecule has 49 heavy (non-hydrogen) atoms. The van der Waals surface area contributed by atoms with E-state index < -0.39 is 30.1 Å². The highest BCUT2D eigenvalue weighted by Crippen LogP contribution is 2.44. The first-order chi connectivity index (χ1) is 23.8. The molecule has 2 amide bonds. The van der Waals surface area contributed by atoms with Crippen LogP contribution in [-0.2, 0) is 27.3 Å². The number of amides is 2. The van der Waals surface area contributed by atoms with Gasteiger partial charge in [0.15, 0.2) is 0 Å². The van der Waals surface area contributed by atoms with E-state index in [-0.39, 0.29) is 32.1 Å². The van der Waals surface area contributed by atoms with Crippen molar-refractivity contribution in [2.75, 3.05) is 20.3 Å². The Balaban J connectivity index is 1.21. The van der Waals surface area contributed by atoms with Crippen LogP contribution in [0.25, 0.3) is 11.1 Å². The van der Waals surface area contributed by atoms with E-state index in [1.165, 1.54) is 0 Å². The van der Waals surface area contributed by atoms with E-state index in [1.807, 2.05) is 85.8 Å². The van der Waals surface area contributed by atoms with Gasteiger partial charge in [-0.3, -0.25) is 4.79 Å². The molecular formula is C40H42N2O7. The van der Waals surface area contributed by atoms with Crippen molar-refractivity contribution in [2.45, 2.75) is 44.8 Å². The Hall–Kier alpha value is -5.57. The van der Waals surface area contributed by atoms with Gasteiger partial charge in [0, 0.05) is 12.5 Å². The van der Waals surface area contributed by atoms with E-state index >= 15 is 0 Å². The summed E-state index contributed by atoms with van der Waals surface area (Å²) in [7, 11) is 1.60. The molecule has 9 nitrogen and oxygen atoms in total. The second-order valence-corrected chi connectivity index (χ2v) is 12.1. The zero-order chi connectivity index (χ0) is 34.6. The highest BCUT2D eigenvalue weighted by atomic mass is 16.6. The molecule has 0 spiro atoms. The fraction of sp³-hybridized carbons (Fsp3) is 0.275. The molecule has 254 valence electrons. The molecule has 4 aromatic rings. The van der Waals surface area contributed by atoms with Gasteiger partial charge in [0.25, 0.3) is 0 Å². The van der Waals surface area contributed by atoms with Gasteiger partial charge in [-0.05, 0) is 71.7 Å². The molecule has 4 aromatic carbocycles. The molecule has 0 saturated heterocycles. The first-order valence-corrected chi connectivity index (χ1v) is 16.4. The number of fused-ring (bicyclic) bond motifs is 3. The van der Waals surface area contributed by atoms with Crippen molar-refractivity contribution in [3.05, 3.63) is 137 Å². The number of rotatable bonds is 15. The zero-order valence-corrected chi connectivity index (χ0v) is 27.8. The van der Waals surface area contributed by atoms with Gasteiger partial charge in [-0.1, -0.05) is 103 Å². The number of methoxy groups -OCH3 is 1. The van der Waals surface area contributed by atoms with Gasteiger partial charge in [-0.25, -0.2) is 9.59 Å². The summed E-state index contributed by atoms with van der Waals surface area (Å²) in [5, 5.41) is 15.7. The Morgan fingerprint density at radius 3 is 2.06 bits per heavy atom. The smallest absolute Gasteiger partial charge is 0.407 e. The molecule has 2 atom stereocenters. The zero-order valence-electron chi connectivity index (χ0n) is 27.8. The van der Waals surface area contributed by atoms with Crippen molar-refractivity contribution in [3.63, 3.8) is 0 Å². The SMILES string of the molecule is COc1ccc(C[C@@H](NC(=O)OCC2c3ccccc3-c3ccccc32)/C(C)=C/[C@@H](CCCNC(=O)OCc2ccccc2)C(=O)O)cc1. The molecule has 0 unspecified atom stereocenters. The number of ether oxygens (including phenoxy) is 3. The molecule has 0 fully saturated rings. The predicted octanol–water partition coefficient (Wildman–Crippen LogP) is 7.50. The minimum absolute atomic E-state index is 0.0875. The second kappa shape index (κ2) is 17.0. The van der Waals surface area contributed by atoms with Crippen LogP contribution in [0.15, 0.2) is 115 Å². The molecule has 9 heteroatoms. The number of carboxylic acids is 1. The summed E-state index contributed by atoms with van der Waals surface area (Å²) >= 11 is 0. The maximum absolute atomic E-state index is 13.3. The Morgan fingerprint density at radius 2 is 1.43 bits per heavy atom. The molecule has 1 aliphatic rings. The topological polar surface area (TPSA) is 123 Å². The van der Waals surface area contributed by atoms with Crippen LogP contribution in [-0.4, -0.2) is 49.6 Å². The van der Waals surface area contributed by atoms with Crippen molar-refractivity contribution in [1.82, 2.24) is 10.6 Å². The third-order valence-electron chi connectivity index (χ3n) is 8.74. The molecule has 3 N–H and O–H groups in total. The largest absolute Gasteiger partial charge is 0.497 e. The number of carboxylic acid groups (broad SMARTS) is 1. The number of hydrogen-bond donors (Lipinski definition) is 3. The maximum atomic E-state index is 13.3. The Kier molecular flexibility index (Phi) is 12.1. The average molecular weight is 663 g/mol. The van der Waals surface area contributed by atoms with E-state index in [4.69, 9.17) is 14.2 Å². The normalized spacial score (nSPS) is 13.4. The van der Waals surface area contributed by atoms with E-state index in [2.05, 4.69) is 34.9 Å². The Morgan fingerprint density at radius 1 is 0.796 bits per heavy atom. The molecule has 0 heterocycles. The lowest BCUT2D eigenvalue weighted by molar-refractivity contribution is -0.140. The van der Waals surface area contributed by atoms with E-state index in [1.54, 1.807) is 13.2 Å². The van der Waals surface area contributed by atoms with Gasteiger partial charge in [0.05, 0.1) is 19.1 Å². The first-order valence-electron chi connectivity index (χ1n) is 16.4. The van der Waals surface area contributed by atoms with Gasteiger partial charge in [0.1, 0.15) is 19.0 Å². The summed E-state index contributed by atoms with van der Waals surface area (Å²) in [4.78, 5) is 37.7. The third kappa shape index (κ3) is 9.50. The van der Waals surface area contributed by atoms with Crippen LogP contribution in [0.2, 0.25) is 0 Å². The lowest BCUT2D eigenvalue weighted by atomic mass is 9.94. The molecule has 0 aromatic heterocycles. The van der Waals surface area contributed by atoms with Crippen molar-refractivity contribution >= 4 is 18.2 Å². The Labute approximate surface area is 286 Å². The van der Waals surface area contributed by atoms with Gasteiger partial charge >= 0.3 is 18.2 Å². The first kappa shape index (κ1) is 34.8. The quantitative estimate of drug-likeness (QED) is 0.0890. The fourth-order valence-electron chi connectivity index (χ4n) is 6.10. The number of carbonyl (C=O) groups is 3. The molecular weight excluding hydrogens is 620 g/mol. The van der Waals surface area contributed by atoms with Gasteiger partial charge < -0.3 is 30.0 Å². The third-order valence-corrected chi connectivity index (χ3v) is 8.74. The van der Waals surface area contributed by atoms with E-state index in [0.717, 1.165) is 33.4 Å². The fourth-order valence-corrected chi connectivity index (χ4v) is 6.10. The summed E-state index contributed by atoms with van der Waals surface area (Å²) in [6.45, 7) is 2.39. The minimum Gasteiger partial charge on any atom is -0.497 e. The average Bonchev–Trinajstić information content (AvgIpc) is 3.44. The van der Waals surface area contributed by atoms with Crippen LogP contribution in [0.3, 0.4) is 0 Å². The summed E-state index contributed by atoms with van der Waals surface area (Å²) in [6.07, 6.45) is 1.65. The Bertz CT molecular complexity index is 1710.